The summed E-state index contributed by atoms with van der Waals surface area (Å²) in [5, 5.41) is 33.1. The van der Waals surface area contributed by atoms with E-state index in [2.05, 4.69) is 17.6 Å². The Balaban J connectivity index is 3.73. The van der Waals surface area contributed by atoms with Crippen LogP contribution in [0.15, 0.2) is 12.2 Å². The van der Waals surface area contributed by atoms with Crippen molar-refractivity contribution in [3.63, 3.8) is 0 Å². The second-order valence-electron chi connectivity index (χ2n) is 8.64. The van der Waals surface area contributed by atoms with Crippen molar-refractivity contribution in [1.82, 2.24) is 10.6 Å². The molecule has 0 unspecified atom stereocenters. The molecule has 0 aromatic heterocycles. The number of hydrogen-bond acceptors (Lipinski definition) is 4. The number of amides is 2. The van der Waals surface area contributed by atoms with E-state index in [1.807, 2.05) is 6.08 Å². The predicted octanol–water partition coefficient (Wildman–Crippen LogP) is 4.91. The summed E-state index contributed by atoms with van der Waals surface area (Å²) in [4.78, 5) is 22.3. The summed E-state index contributed by atoms with van der Waals surface area (Å²) in [6.07, 6.45) is 19.2. The SMILES string of the molecule is CCCCCCCCCCCCC/C=C/[C@@H](O)[C@H](CO)NC(=O)CCCCCNC(=O)O. The van der Waals surface area contributed by atoms with Gasteiger partial charge in [-0.3, -0.25) is 4.79 Å². The van der Waals surface area contributed by atoms with Crippen LogP contribution in [0.3, 0.4) is 0 Å². The second kappa shape index (κ2) is 22.6. The number of carbonyl (C=O) groups is 2. The molecule has 0 aliphatic heterocycles. The molecule has 0 saturated heterocycles. The summed E-state index contributed by atoms with van der Waals surface area (Å²) < 4.78 is 0. The molecule has 188 valence electrons. The number of unbranched alkanes of at least 4 members (excludes halogenated alkanes) is 13. The molecule has 0 radical (unpaired) electrons. The number of aliphatic hydroxyl groups excluding tert-OH is 2. The summed E-state index contributed by atoms with van der Waals surface area (Å²) in [6, 6.07) is -0.704. The quantitative estimate of drug-likeness (QED) is 0.117. The van der Waals surface area contributed by atoms with E-state index in [0.717, 1.165) is 19.3 Å². The van der Waals surface area contributed by atoms with Gasteiger partial charge in [0.1, 0.15) is 0 Å². The van der Waals surface area contributed by atoms with Gasteiger partial charge in [-0.25, -0.2) is 4.79 Å². The molecule has 0 aromatic carbocycles. The van der Waals surface area contributed by atoms with Gasteiger partial charge in [0.2, 0.25) is 5.91 Å². The normalized spacial score (nSPS) is 13.2. The van der Waals surface area contributed by atoms with Gasteiger partial charge in [-0.2, -0.15) is 0 Å². The number of allylic oxidation sites excluding steroid dienone is 1. The standard InChI is InChI=1S/C25H48N2O5/c1-2-3-4-5-6-7-8-9-10-11-12-13-15-18-23(29)22(21-28)27-24(30)19-16-14-17-20-26-25(31)32/h15,18,22-23,26,28-29H,2-14,16-17,19-21H2,1H3,(H,27,30)(H,31,32)/b18-15+/t22-,23+/m0/s1. The fraction of sp³-hybridized carbons (Fsp3) is 0.840. The molecule has 7 nitrogen and oxygen atoms in total. The Kier molecular flexibility index (Phi) is 21.5. The van der Waals surface area contributed by atoms with Gasteiger partial charge in [-0.1, -0.05) is 89.7 Å². The van der Waals surface area contributed by atoms with Crippen LogP contribution < -0.4 is 10.6 Å². The maximum absolute atomic E-state index is 12.0. The summed E-state index contributed by atoms with van der Waals surface area (Å²) in [7, 11) is 0. The Hall–Kier alpha value is -1.60. The van der Waals surface area contributed by atoms with Gasteiger partial charge in [-0.05, 0) is 25.7 Å². The van der Waals surface area contributed by atoms with Crippen LogP contribution in [0.25, 0.3) is 0 Å². The lowest BCUT2D eigenvalue weighted by atomic mass is 10.0. The molecule has 0 aromatic rings. The minimum atomic E-state index is -1.04. The summed E-state index contributed by atoms with van der Waals surface area (Å²) in [6.45, 7) is 2.30. The summed E-state index contributed by atoms with van der Waals surface area (Å²) >= 11 is 0. The molecular formula is C25H48N2O5. The van der Waals surface area contributed by atoms with Crippen molar-refractivity contribution >= 4 is 12.0 Å². The lowest BCUT2D eigenvalue weighted by Crippen LogP contribution is -2.45. The van der Waals surface area contributed by atoms with Gasteiger partial charge in [0.25, 0.3) is 0 Å². The lowest BCUT2D eigenvalue weighted by Gasteiger charge is -2.20. The van der Waals surface area contributed by atoms with Crippen molar-refractivity contribution in [2.45, 2.75) is 122 Å². The maximum atomic E-state index is 12.0. The third-order valence-corrected chi connectivity index (χ3v) is 5.62. The third-order valence-electron chi connectivity index (χ3n) is 5.62. The van der Waals surface area contributed by atoms with Crippen molar-refractivity contribution in [3.05, 3.63) is 12.2 Å². The number of rotatable bonds is 22. The average molecular weight is 457 g/mol. The number of carbonyl (C=O) groups excluding carboxylic acids is 1. The zero-order valence-electron chi connectivity index (χ0n) is 20.2. The molecule has 0 bridgehead atoms. The Labute approximate surface area is 195 Å². The monoisotopic (exact) mass is 456 g/mol. The lowest BCUT2D eigenvalue weighted by molar-refractivity contribution is -0.123. The van der Waals surface area contributed by atoms with E-state index in [-0.39, 0.29) is 12.5 Å². The first-order valence-corrected chi connectivity index (χ1v) is 12.7. The molecule has 0 heterocycles. The first-order chi connectivity index (χ1) is 15.5. The van der Waals surface area contributed by atoms with Crippen LogP contribution in [0.5, 0.6) is 0 Å². The predicted molar refractivity (Wildman–Crippen MR) is 130 cm³/mol. The van der Waals surface area contributed by atoms with Crippen molar-refractivity contribution in [2.24, 2.45) is 0 Å². The Morgan fingerprint density at radius 2 is 1.41 bits per heavy atom. The number of aliphatic hydroxyl groups is 2. The highest BCUT2D eigenvalue weighted by atomic mass is 16.4. The van der Waals surface area contributed by atoms with Gasteiger partial charge >= 0.3 is 6.09 Å². The third kappa shape index (κ3) is 20.3. The molecule has 2 atom stereocenters. The van der Waals surface area contributed by atoms with Gasteiger partial charge in [0.05, 0.1) is 18.8 Å². The van der Waals surface area contributed by atoms with Gasteiger partial charge < -0.3 is 26.0 Å². The molecule has 0 spiro atoms. The van der Waals surface area contributed by atoms with E-state index in [9.17, 15) is 19.8 Å². The van der Waals surface area contributed by atoms with Gasteiger partial charge in [0.15, 0.2) is 0 Å². The molecule has 7 heteroatoms. The smallest absolute Gasteiger partial charge is 0.404 e. The largest absolute Gasteiger partial charge is 0.465 e. The average Bonchev–Trinajstić information content (AvgIpc) is 2.77. The molecule has 2 amide bonds. The molecule has 0 rings (SSSR count). The van der Waals surface area contributed by atoms with Gasteiger partial charge in [0, 0.05) is 13.0 Å². The zero-order valence-corrected chi connectivity index (χ0v) is 20.2. The Morgan fingerprint density at radius 3 is 1.97 bits per heavy atom. The fourth-order valence-corrected chi connectivity index (χ4v) is 3.60. The minimum absolute atomic E-state index is 0.215. The van der Waals surface area contributed by atoms with Crippen LogP contribution >= 0.6 is 0 Å². The number of nitrogens with one attached hydrogen (secondary N) is 2. The Morgan fingerprint density at radius 1 is 0.844 bits per heavy atom. The number of carboxylic acid groups (broad SMARTS) is 1. The van der Waals surface area contributed by atoms with E-state index >= 15 is 0 Å². The van der Waals surface area contributed by atoms with Crippen LogP contribution in [-0.4, -0.2) is 52.6 Å². The second-order valence-corrected chi connectivity index (χ2v) is 8.64. The number of hydrogen-bond donors (Lipinski definition) is 5. The van der Waals surface area contributed by atoms with Crippen molar-refractivity contribution < 1.29 is 24.9 Å². The molecule has 32 heavy (non-hydrogen) atoms. The first-order valence-electron chi connectivity index (χ1n) is 12.7. The van der Waals surface area contributed by atoms with Crippen LogP contribution in [0.4, 0.5) is 4.79 Å². The molecule has 0 saturated carbocycles. The highest BCUT2D eigenvalue weighted by Gasteiger charge is 2.17. The summed E-state index contributed by atoms with van der Waals surface area (Å²) in [5.74, 6) is -0.215. The van der Waals surface area contributed by atoms with Crippen molar-refractivity contribution in [3.8, 4) is 0 Å². The highest BCUT2D eigenvalue weighted by Crippen LogP contribution is 2.12. The van der Waals surface area contributed by atoms with Crippen molar-refractivity contribution in [2.75, 3.05) is 13.2 Å². The van der Waals surface area contributed by atoms with Crippen molar-refractivity contribution in [1.29, 1.82) is 0 Å². The molecule has 0 aliphatic carbocycles. The van der Waals surface area contributed by atoms with Crippen LogP contribution in [-0.2, 0) is 4.79 Å². The molecule has 0 aliphatic rings. The van der Waals surface area contributed by atoms with Gasteiger partial charge in [-0.15, -0.1) is 0 Å². The summed E-state index contributed by atoms with van der Waals surface area (Å²) in [5.41, 5.74) is 0. The van der Waals surface area contributed by atoms with E-state index < -0.39 is 18.2 Å². The molecule has 5 N–H and O–H groups in total. The first kappa shape index (κ1) is 30.4. The van der Waals surface area contributed by atoms with Crippen LogP contribution in [0, 0.1) is 0 Å². The van der Waals surface area contributed by atoms with Crippen LogP contribution in [0.2, 0.25) is 0 Å². The van der Waals surface area contributed by atoms with E-state index in [1.165, 1.54) is 64.2 Å². The van der Waals surface area contributed by atoms with E-state index in [1.54, 1.807) is 6.08 Å². The van der Waals surface area contributed by atoms with E-state index in [0.29, 0.717) is 25.8 Å². The topological polar surface area (TPSA) is 119 Å². The van der Waals surface area contributed by atoms with E-state index in [4.69, 9.17) is 5.11 Å². The maximum Gasteiger partial charge on any atom is 0.404 e. The Bertz CT molecular complexity index is 485. The zero-order chi connectivity index (χ0) is 23.9. The fourth-order valence-electron chi connectivity index (χ4n) is 3.60. The highest BCUT2D eigenvalue weighted by molar-refractivity contribution is 5.76. The molecular weight excluding hydrogens is 408 g/mol. The van der Waals surface area contributed by atoms with Crippen LogP contribution in [0.1, 0.15) is 110 Å². The minimum Gasteiger partial charge on any atom is -0.465 e. The molecule has 0 fully saturated rings.